The molecule has 0 bridgehead atoms. The molecule has 7 N–H and O–H groups in total. The molecule has 0 aliphatic carbocycles. The van der Waals surface area contributed by atoms with E-state index in [1.54, 1.807) is 73.7 Å². The number of nitrogens with zero attached hydrogens (tertiary/aromatic N) is 12. The minimum Gasteiger partial charge on any atom is -0.594 e. The van der Waals surface area contributed by atoms with Crippen molar-refractivity contribution < 1.29 is 101 Å². The number of hydrogen-bond donors (Lipinski definition) is 7. The molecule has 99 heavy (non-hydrogen) atoms. The van der Waals surface area contributed by atoms with E-state index in [0.717, 1.165) is 17.7 Å². The van der Waals surface area contributed by atoms with E-state index >= 15 is 0 Å². The van der Waals surface area contributed by atoms with Crippen LogP contribution in [0.15, 0.2) is 194 Å². The van der Waals surface area contributed by atoms with Gasteiger partial charge in [0, 0.05) is 17.2 Å². The fourth-order valence-corrected chi connectivity index (χ4v) is 9.61. The monoisotopic (exact) mass is 1480 g/mol. The summed E-state index contributed by atoms with van der Waals surface area (Å²) in [6, 6.07) is 28.2. The molecule has 0 saturated carbocycles. The summed E-state index contributed by atoms with van der Waals surface area (Å²) in [5.41, 5.74) is 9.23. The molecule has 6 aromatic carbocycles. The van der Waals surface area contributed by atoms with Gasteiger partial charge in [-0.2, -0.15) is 72.8 Å². The standard InChI is InChI=1S/C35H29N9O9S2.C19H15N7O5S.3O3S/c1-3-4-23-10-12-28(20-32(23)55(51,52)53)43-44(47)29-17-6-22(7-18-29)5-8-24-9-11-27(19-31(24)54(48,49)50)40-38-25-13-15-26(16-14-25)39-42-34-30(45)21-33(41-36-2)37-35(34)46;1-11-2-4-12(5-3-11)23-24-13-6-7-14(16(8-13)32(29,30)31)25-26-18-15(27)9-17(21-10-20)22-19(18)28;3*1-4(2)3/h3-20,34,38,40H,21H2,1H3,(H,37,41,46)(H,48,49,50)(H,51,52,53);2-8,18H,9H2,1H3,(H,21,22,28)(H,29,30,31);;;/b4-3+,8-5+,42-39?,44-43?;;;;. The average Bonchev–Trinajstić information content (AvgIpc) is 0.829. The predicted octanol–water partition coefficient (Wildman–Crippen LogP) is 6.59. The molecule has 0 radical (unpaired) electrons. The number of allylic oxidation sites excluding steroid dienone is 1. The number of nitrogens with one attached hydrogen (secondary N) is 4. The van der Waals surface area contributed by atoms with Gasteiger partial charge in [-0.3, -0.25) is 32.8 Å². The first-order chi connectivity index (χ1) is 46.5. The fraction of sp³-hybridized carbons (Fsp3) is 0.111. The molecule has 39 nitrogen and oxygen atoms in total. The van der Waals surface area contributed by atoms with Gasteiger partial charge in [-0.05, 0) is 122 Å². The molecule has 8 rings (SSSR count). The Labute approximate surface area is 563 Å². The number of aliphatic imine (C=N–C) groups is 1. The van der Waals surface area contributed by atoms with Crippen LogP contribution < -0.4 is 21.5 Å². The van der Waals surface area contributed by atoms with Crippen molar-refractivity contribution in [2.75, 3.05) is 10.9 Å². The molecule has 514 valence electrons. The van der Waals surface area contributed by atoms with Crippen LogP contribution in [0.4, 0.5) is 45.5 Å². The molecule has 2 fully saturated rings. The molecule has 0 aromatic heterocycles. The van der Waals surface area contributed by atoms with E-state index in [9.17, 15) is 63.3 Å². The van der Waals surface area contributed by atoms with Crippen LogP contribution in [0.2, 0.25) is 0 Å². The van der Waals surface area contributed by atoms with Crippen molar-refractivity contribution in [2.45, 2.75) is 53.5 Å². The summed E-state index contributed by atoms with van der Waals surface area (Å²) >= 11 is 0. The second-order valence-corrected chi connectivity index (χ2v) is 24.0. The normalized spacial score (nSPS) is 15.6. The number of nitriles is 1. The number of piperidine rings is 2. The largest absolute Gasteiger partial charge is 0.594 e. The number of hydrazine groups is 1. The summed E-state index contributed by atoms with van der Waals surface area (Å²) < 4.78 is 177. The van der Waals surface area contributed by atoms with Crippen molar-refractivity contribution in [1.29, 1.82) is 5.26 Å². The van der Waals surface area contributed by atoms with E-state index in [1.807, 2.05) is 19.1 Å². The Hall–Kier alpha value is -12.2. The van der Waals surface area contributed by atoms with Crippen LogP contribution in [-0.2, 0) is 81.4 Å². The number of carbonyl (C=O) groups excluding carboxylic acids is 4. The number of anilines is 2. The van der Waals surface area contributed by atoms with Gasteiger partial charge in [-0.1, -0.05) is 59.0 Å². The Morgan fingerprint density at radius 1 is 0.576 bits per heavy atom. The quantitative estimate of drug-likeness (QED) is 0.00740. The Bertz CT molecular complexity index is 5060. The van der Waals surface area contributed by atoms with Gasteiger partial charge in [-0.15, -0.1) is 42.8 Å². The number of amides is 2. The molecule has 0 spiro atoms. The third-order valence-corrected chi connectivity index (χ3v) is 14.4. The minimum absolute atomic E-state index is 0.0144. The first-order valence-electron chi connectivity index (χ1n) is 26.2. The predicted molar refractivity (Wildman–Crippen MR) is 342 cm³/mol. The third kappa shape index (κ3) is 27.2. The van der Waals surface area contributed by atoms with Gasteiger partial charge in [0.2, 0.25) is 24.0 Å². The van der Waals surface area contributed by atoms with E-state index in [1.165, 1.54) is 66.9 Å². The Morgan fingerprint density at radius 3 is 1.56 bits per heavy atom. The lowest BCUT2D eigenvalue weighted by Gasteiger charge is -2.17. The summed E-state index contributed by atoms with van der Waals surface area (Å²) in [6.07, 6.45) is 6.95. The Balaban J connectivity index is 0.000000396. The summed E-state index contributed by atoms with van der Waals surface area (Å²) in [5, 5.41) is 56.0. The summed E-state index contributed by atoms with van der Waals surface area (Å²) in [4.78, 5) is 53.4. The summed E-state index contributed by atoms with van der Waals surface area (Å²) in [5.74, 6) is -3.00. The van der Waals surface area contributed by atoms with Gasteiger partial charge in [0.15, 0.2) is 17.4 Å². The van der Waals surface area contributed by atoms with Gasteiger partial charge in [0.05, 0.1) is 41.3 Å². The minimum atomic E-state index is -4.74. The third-order valence-electron chi connectivity index (χ3n) is 11.7. The topological polar surface area (TPSA) is 599 Å². The highest BCUT2D eigenvalue weighted by atomic mass is 32.2. The van der Waals surface area contributed by atoms with E-state index in [0.29, 0.717) is 22.6 Å². The van der Waals surface area contributed by atoms with Gasteiger partial charge in [0.1, 0.15) is 37.0 Å². The molecular formula is C54H44N16O23S6. The number of ketones is 2. The molecule has 2 heterocycles. The number of azo groups is 4. The van der Waals surface area contributed by atoms with E-state index in [-0.39, 0.29) is 68.9 Å². The molecule has 2 unspecified atom stereocenters. The van der Waals surface area contributed by atoms with Crippen molar-refractivity contribution in [3.63, 3.8) is 0 Å². The highest BCUT2D eigenvalue weighted by Crippen LogP contribution is 2.32. The van der Waals surface area contributed by atoms with E-state index in [4.69, 9.17) is 49.7 Å². The molecule has 2 aliphatic heterocycles. The lowest BCUT2D eigenvalue weighted by molar-refractivity contribution is -0.435. The van der Waals surface area contributed by atoms with Crippen LogP contribution in [0.3, 0.4) is 0 Å². The van der Waals surface area contributed by atoms with Crippen molar-refractivity contribution in [3.8, 4) is 6.19 Å². The molecule has 2 amide bonds. The van der Waals surface area contributed by atoms with Crippen molar-refractivity contribution >= 4 is 161 Å². The Morgan fingerprint density at radius 2 is 1.02 bits per heavy atom. The van der Waals surface area contributed by atoms with Crippen LogP contribution in [0.1, 0.15) is 42.0 Å². The first-order valence-corrected chi connectivity index (χ1v) is 33.6. The van der Waals surface area contributed by atoms with Crippen LogP contribution in [0, 0.1) is 30.2 Å². The first kappa shape index (κ1) is 79.2. The van der Waals surface area contributed by atoms with Crippen LogP contribution in [0.25, 0.3) is 23.2 Å². The highest BCUT2D eigenvalue weighted by Gasteiger charge is 2.35. The second kappa shape index (κ2) is 37.2. The average molecular weight is 1480 g/mol. The smallest absolute Gasteiger partial charge is 0.425 e. The second-order valence-electron chi connectivity index (χ2n) is 18.6. The zero-order valence-electron chi connectivity index (χ0n) is 49.8. The molecule has 2 aliphatic rings. The maximum Gasteiger partial charge on any atom is 0.425 e. The zero-order chi connectivity index (χ0) is 73.8. The van der Waals surface area contributed by atoms with Crippen LogP contribution in [0.5, 0.6) is 0 Å². The molecular weight excluding hydrogens is 1430 g/mol. The number of amidine groups is 2. The van der Waals surface area contributed by atoms with Gasteiger partial charge >= 0.3 is 31.8 Å². The fourth-order valence-electron chi connectivity index (χ4n) is 7.55. The maximum atomic E-state index is 12.7. The van der Waals surface area contributed by atoms with Crippen molar-refractivity contribution in [2.24, 2.45) is 45.9 Å². The molecule has 2 saturated heterocycles. The van der Waals surface area contributed by atoms with Crippen molar-refractivity contribution in [3.05, 3.63) is 172 Å². The van der Waals surface area contributed by atoms with Gasteiger partial charge < -0.3 is 26.7 Å². The highest BCUT2D eigenvalue weighted by molar-refractivity contribution is 7.86. The number of hydrogen-bond acceptors (Lipinski definition) is 32. The van der Waals surface area contributed by atoms with Crippen LogP contribution >= 0.6 is 0 Å². The Kier molecular flexibility index (Phi) is 29.8. The number of carbonyl (C=O) groups is 4. The number of rotatable bonds is 17. The van der Waals surface area contributed by atoms with E-state index in [2.05, 4.69) is 72.3 Å². The number of benzene rings is 6. The summed E-state index contributed by atoms with van der Waals surface area (Å²) in [6.45, 7) is 10.3. The maximum absolute atomic E-state index is 12.7. The van der Waals surface area contributed by atoms with E-state index < -0.39 is 112 Å². The number of aryl methyl sites for hydroxylation is 1. The number of Topliss-reactive ketones (excluding diaryl/α,β-unsaturated/α-hetero) is 2. The van der Waals surface area contributed by atoms with Crippen LogP contribution in [-0.4, -0.2) is 129 Å². The molecule has 2 atom stereocenters. The zero-order valence-corrected chi connectivity index (χ0v) is 54.7. The molecule has 45 heteroatoms. The summed E-state index contributed by atoms with van der Waals surface area (Å²) in [7, 11) is -23.3. The van der Waals surface area contributed by atoms with Gasteiger partial charge in [0.25, 0.3) is 42.2 Å². The lowest BCUT2D eigenvalue weighted by Crippen LogP contribution is -2.48. The van der Waals surface area contributed by atoms with Crippen molar-refractivity contribution in [1.82, 2.24) is 10.6 Å². The molecule has 6 aromatic rings. The lowest BCUT2D eigenvalue weighted by atomic mass is 10.1. The van der Waals surface area contributed by atoms with Gasteiger partial charge in [-0.25, -0.2) is 0 Å². The SMILES string of the molecule is Cc1ccc(N=Nc2ccc(N=NC3C(=O)CC(=NC#N)NC3=O)c(S(=O)(=O)O)c2)cc1.O=S(=O)=O.O=S(=O)=O.O=S(=O)=O.[C-]#[N+]N=C1CC(=O)C(N=Nc2ccc(NNc3ccc(/C=C/c4ccc([N+]([O-])=Nc5ccc(/C=C/C)c(S(=O)(=O)O)c5)cc4)c(S(=O)(=O)O)c3)cc2)C(=O)N1.